The van der Waals surface area contributed by atoms with E-state index in [9.17, 15) is 4.79 Å². The number of nitrogens with zero attached hydrogens (tertiary/aromatic N) is 3. The number of amides is 1. The first-order valence-electron chi connectivity index (χ1n) is 9.09. The van der Waals surface area contributed by atoms with E-state index in [1.807, 2.05) is 24.3 Å². The summed E-state index contributed by atoms with van der Waals surface area (Å²) in [5.41, 5.74) is 7.59. The Kier molecular flexibility index (Phi) is 5.81. The number of carbonyl (C=O) groups excluding carboxylic acids is 1. The molecule has 1 aliphatic carbocycles. The van der Waals surface area contributed by atoms with E-state index in [0.717, 1.165) is 17.0 Å². The molecule has 1 aromatic carbocycles. The molecule has 6 heteroatoms. The molecule has 0 saturated heterocycles. The summed E-state index contributed by atoms with van der Waals surface area (Å²) in [6.45, 7) is 2.95. The number of rotatable bonds is 8. The number of benzene rings is 1. The summed E-state index contributed by atoms with van der Waals surface area (Å²) in [5.74, 6) is 0.420. The maximum Gasteiger partial charge on any atom is 0.246 e. The van der Waals surface area contributed by atoms with E-state index < -0.39 is 11.9 Å². The van der Waals surface area contributed by atoms with Gasteiger partial charge in [-0.1, -0.05) is 49.9 Å². The number of carbonyl (C=O) groups is 1. The van der Waals surface area contributed by atoms with E-state index >= 15 is 0 Å². The van der Waals surface area contributed by atoms with Crippen molar-refractivity contribution in [2.75, 3.05) is 0 Å². The lowest BCUT2D eigenvalue weighted by atomic mass is 9.97. The quantitative estimate of drug-likeness (QED) is 0.772. The summed E-state index contributed by atoms with van der Waals surface area (Å²) in [7, 11) is 0. The van der Waals surface area contributed by atoms with Gasteiger partial charge in [0.2, 0.25) is 5.91 Å². The Morgan fingerprint density at radius 3 is 2.80 bits per heavy atom. The molecule has 0 radical (unpaired) electrons. The first-order chi connectivity index (χ1) is 12.1. The molecule has 3 N–H and O–H groups in total. The molecule has 2 atom stereocenters. The van der Waals surface area contributed by atoms with Gasteiger partial charge in [-0.2, -0.15) is 5.10 Å². The molecule has 134 valence electrons. The van der Waals surface area contributed by atoms with Crippen LogP contribution in [0.15, 0.2) is 36.9 Å². The largest absolute Gasteiger partial charge is 0.368 e. The van der Waals surface area contributed by atoms with Crippen molar-refractivity contribution in [1.29, 1.82) is 0 Å². The molecule has 3 rings (SSSR count). The summed E-state index contributed by atoms with van der Waals surface area (Å²) < 4.78 is 1.52. The second-order valence-electron chi connectivity index (χ2n) is 7.05. The van der Waals surface area contributed by atoms with Crippen LogP contribution in [0, 0.1) is 5.92 Å². The zero-order valence-electron chi connectivity index (χ0n) is 14.8. The number of hydrogen-bond donors (Lipinski definition) is 2. The minimum absolute atomic E-state index is 0.433. The second-order valence-corrected chi connectivity index (χ2v) is 7.05. The molecule has 6 nitrogen and oxygen atoms in total. The average Bonchev–Trinajstić information content (AvgIpc) is 3.28. The third kappa shape index (κ3) is 4.45. The molecule has 25 heavy (non-hydrogen) atoms. The highest BCUT2D eigenvalue weighted by Crippen LogP contribution is 2.28. The summed E-state index contributed by atoms with van der Waals surface area (Å²) in [5, 5.41) is 7.71. The van der Waals surface area contributed by atoms with Crippen molar-refractivity contribution in [2.45, 2.75) is 57.7 Å². The zero-order chi connectivity index (χ0) is 17.6. The topological polar surface area (TPSA) is 85.8 Å². The third-order valence-electron chi connectivity index (χ3n) is 5.12. The average molecular weight is 341 g/mol. The molecular weight excluding hydrogens is 314 g/mol. The molecule has 1 aliphatic rings. The van der Waals surface area contributed by atoms with Gasteiger partial charge in [-0.05, 0) is 30.4 Å². The molecule has 0 aliphatic heterocycles. The highest BCUT2D eigenvalue weighted by Gasteiger charge is 2.24. The predicted molar refractivity (Wildman–Crippen MR) is 96.7 cm³/mol. The molecule has 1 aromatic heterocycles. The fourth-order valence-electron chi connectivity index (χ4n) is 3.85. The monoisotopic (exact) mass is 341 g/mol. The number of primary amides is 1. The van der Waals surface area contributed by atoms with Crippen molar-refractivity contribution in [3.05, 3.63) is 48.0 Å². The second kappa shape index (κ2) is 8.25. The highest BCUT2D eigenvalue weighted by atomic mass is 16.1. The van der Waals surface area contributed by atoms with Gasteiger partial charge in [-0.15, -0.1) is 0 Å². The van der Waals surface area contributed by atoms with Gasteiger partial charge in [0.05, 0.1) is 0 Å². The molecule has 0 spiro atoms. The summed E-state index contributed by atoms with van der Waals surface area (Å²) in [6, 6.07) is 7.71. The Morgan fingerprint density at radius 2 is 2.12 bits per heavy atom. The van der Waals surface area contributed by atoms with E-state index in [4.69, 9.17) is 5.73 Å². The normalized spacial score (nSPS) is 17.5. The van der Waals surface area contributed by atoms with Crippen LogP contribution in [0.25, 0.3) is 0 Å². The maximum atomic E-state index is 12.0. The van der Waals surface area contributed by atoms with Gasteiger partial charge in [0.15, 0.2) is 6.04 Å². The number of nitrogens with two attached hydrogens (primary N) is 1. The Bertz CT molecular complexity index is 679. The van der Waals surface area contributed by atoms with Gasteiger partial charge in [-0.25, -0.2) is 9.67 Å². The van der Waals surface area contributed by atoms with Gasteiger partial charge >= 0.3 is 0 Å². The smallest absolute Gasteiger partial charge is 0.246 e. The molecule has 2 aromatic rings. The Morgan fingerprint density at radius 1 is 1.36 bits per heavy atom. The third-order valence-corrected chi connectivity index (χ3v) is 5.12. The highest BCUT2D eigenvalue weighted by molar-refractivity contribution is 5.82. The molecule has 1 saturated carbocycles. The van der Waals surface area contributed by atoms with E-state index in [-0.39, 0.29) is 0 Å². The fraction of sp³-hybridized carbons (Fsp3) is 0.526. The Hall–Kier alpha value is -2.21. The van der Waals surface area contributed by atoms with E-state index in [1.165, 1.54) is 49.4 Å². The van der Waals surface area contributed by atoms with E-state index in [0.29, 0.717) is 12.6 Å². The number of nitrogens with one attached hydrogen (secondary N) is 1. The lowest BCUT2D eigenvalue weighted by molar-refractivity contribution is -0.120. The Labute approximate surface area is 148 Å². The lowest BCUT2D eigenvalue weighted by Gasteiger charge is -2.21. The van der Waals surface area contributed by atoms with Crippen molar-refractivity contribution < 1.29 is 4.79 Å². The number of aromatic nitrogens is 3. The van der Waals surface area contributed by atoms with Gasteiger partial charge in [0.1, 0.15) is 12.7 Å². The molecule has 0 bridgehead atoms. The van der Waals surface area contributed by atoms with Crippen LogP contribution < -0.4 is 11.1 Å². The predicted octanol–water partition coefficient (Wildman–Crippen LogP) is 2.41. The zero-order valence-corrected chi connectivity index (χ0v) is 14.8. The maximum absolute atomic E-state index is 12.0. The van der Waals surface area contributed by atoms with Crippen LogP contribution in [0.1, 0.15) is 56.2 Å². The number of hydrogen-bond acceptors (Lipinski definition) is 4. The minimum atomic E-state index is -0.634. The van der Waals surface area contributed by atoms with Gasteiger partial charge in [0.25, 0.3) is 0 Å². The van der Waals surface area contributed by atoms with Crippen LogP contribution in [0.4, 0.5) is 0 Å². The van der Waals surface area contributed by atoms with Crippen molar-refractivity contribution in [1.82, 2.24) is 20.1 Å². The van der Waals surface area contributed by atoms with Crippen LogP contribution >= 0.6 is 0 Å². The van der Waals surface area contributed by atoms with Crippen LogP contribution in [0.2, 0.25) is 0 Å². The first-order valence-corrected chi connectivity index (χ1v) is 9.09. The lowest BCUT2D eigenvalue weighted by Crippen LogP contribution is -2.31. The van der Waals surface area contributed by atoms with Crippen LogP contribution in [0.3, 0.4) is 0 Å². The molecule has 2 unspecified atom stereocenters. The summed E-state index contributed by atoms with van der Waals surface area (Å²) in [4.78, 5) is 16.0. The standard InChI is InChI=1S/C19H27N5O/c1-14(10-15-6-2-3-7-15)22-11-16-8-4-5-9-17(16)18(19(20)25)24-13-21-12-23-24/h4-5,8-9,12-15,18,22H,2-3,6-7,10-11H2,1H3,(H2,20,25). The van der Waals surface area contributed by atoms with E-state index in [2.05, 4.69) is 22.3 Å². The molecule has 1 amide bonds. The van der Waals surface area contributed by atoms with Crippen LogP contribution in [-0.2, 0) is 11.3 Å². The van der Waals surface area contributed by atoms with Crippen molar-refractivity contribution in [3.8, 4) is 0 Å². The van der Waals surface area contributed by atoms with Gasteiger partial charge in [-0.3, -0.25) is 4.79 Å². The SMILES string of the molecule is CC(CC1CCCC1)NCc1ccccc1C(C(N)=O)n1cncn1. The van der Waals surface area contributed by atoms with Crippen LogP contribution in [-0.4, -0.2) is 26.7 Å². The Balaban J connectivity index is 1.70. The summed E-state index contributed by atoms with van der Waals surface area (Å²) >= 11 is 0. The minimum Gasteiger partial charge on any atom is -0.368 e. The summed E-state index contributed by atoms with van der Waals surface area (Å²) in [6.07, 6.45) is 9.63. The van der Waals surface area contributed by atoms with E-state index in [1.54, 1.807) is 0 Å². The fourth-order valence-corrected chi connectivity index (χ4v) is 3.85. The molecule has 1 fully saturated rings. The van der Waals surface area contributed by atoms with Crippen molar-refractivity contribution in [3.63, 3.8) is 0 Å². The van der Waals surface area contributed by atoms with Crippen LogP contribution in [0.5, 0.6) is 0 Å². The van der Waals surface area contributed by atoms with Gasteiger partial charge < -0.3 is 11.1 Å². The van der Waals surface area contributed by atoms with Crippen molar-refractivity contribution >= 4 is 5.91 Å². The molecular formula is C19H27N5O. The first kappa shape index (κ1) is 17.6. The van der Waals surface area contributed by atoms with Crippen molar-refractivity contribution in [2.24, 2.45) is 11.7 Å². The van der Waals surface area contributed by atoms with Gasteiger partial charge in [0, 0.05) is 12.6 Å². The molecule has 1 heterocycles.